The van der Waals surface area contributed by atoms with E-state index in [1.165, 1.54) is 11.1 Å². The zero-order valence-corrected chi connectivity index (χ0v) is 10.7. The van der Waals surface area contributed by atoms with E-state index in [0.717, 1.165) is 11.3 Å². The largest absolute Gasteiger partial charge is 0.387 e. The molecule has 3 nitrogen and oxygen atoms in total. The van der Waals surface area contributed by atoms with Gasteiger partial charge in [0.1, 0.15) is 0 Å². The highest BCUT2D eigenvalue weighted by atomic mass is 16.3. The van der Waals surface area contributed by atoms with Crippen LogP contribution in [0.5, 0.6) is 0 Å². The number of rotatable bonds is 4. The normalized spacial score (nSPS) is 12.2. The van der Waals surface area contributed by atoms with Gasteiger partial charge in [-0.25, -0.2) is 0 Å². The Bertz CT molecular complexity index is 511. The number of aryl methyl sites for hydroxylation is 1. The van der Waals surface area contributed by atoms with E-state index in [4.69, 9.17) is 0 Å². The highest BCUT2D eigenvalue weighted by Crippen LogP contribution is 2.19. The highest BCUT2D eigenvalue weighted by molar-refractivity contribution is 5.53. The topological polar surface area (TPSA) is 45.1 Å². The first-order chi connectivity index (χ1) is 8.68. The van der Waals surface area contributed by atoms with Crippen LogP contribution in [0.15, 0.2) is 42.7 Å². The van der Waals surface area contributed by atoms with E-state index in [1.54, 1.807) is 12.4 Å². The Morgan fingerprint density at radius 3 is 2.61 bits per heavy atom. The fourth-order valence-electron chi connectivity index (χ4n) is 1.85. The van der Waals surface area contributed by atoms with Crippen LogP contribution in [0.2, 0.25) is 0 Å². The summed E-state index contributed by atoms with van der Waals surface area (Å²) in [5, 5.41) is 13.3. The van der Waals surface area contributed by atoms with Crippen LogP contribution >= 0.6 is 0 Å². The lowest BCUT2D eigenvalue weighted by Gasteiger charge is -2.15. The standard InChI is InChI=1S/C15H18N2O/c1-11-4-3-5-14(12(11)2)17-10-15(18)13-6-8-16-9-7-13/h3-9,15,17-18H,10H2,1-2H3. The van der Waals surface area contributed by atoms with E-state index in [1.807, 2.05) is 24.3 Å². The number of pyridine rings is 1. The fraction of sp³-hybridized carbons (Fsp3) is 0.267. The molecule has 0 aliphatic rings. The third kappa shape index (κ3) is 2.87. The monoisotopic (exact) mass is 242 g/mol. The number of anilines is 1. The van der Waals surface area contributed by atoms with Crippen molar-refractivity contribution in [1.29, 1.82) is 0 Å². The van der Waals surface area contributed by atoms with Gasteiger partial charge in [0.25, 0.3) is 0 Å². The molecule has 2 N–H and O–H groups in total. The van der Waals surface area contributed by atoms with Gasteiger partial charge in [-0.1, -0.05) is 12.1 Å². The van der Waals surface area contributed by atoms with Gasteiger partial charge in [-0.2, -0.15) is 0 Å². The summed E-state index contributed by atoms with van der Waals surface area (Å²) < 4.78 is 0. The summed E-state index contributed by atoms with van der Waals surface area (Å²) in [4.78, 5) is 3.94. The van der Waals surface area contributed by atoms with Crippen LogP contribution in [-0.2, 0) is 0 Å². The van der Waals surface area contributed by atoms with Gasteiger partial charge in [0, 0.05) is 24.6 Å². The fourth-order valence-corrected chi connectivity index (χ4v) is 1.85. The summed E-state index contributed by atoms with van der Waals surface area (Å²) in [5.74, 6) is 0. The second-order valence-corrected chi connectivity index (χ2v) is 4.42. The minimum atomic E-state index is -0.520. The van der Waals surface area contributed by atoms with Crippen molar-refractivity contribution >= 4 is 5.69 Å². The predicted octanol–water partition coefficient (Wildman–Crippen LogP) is 2.84. The zero-order valence-electron chi connectivity index (χ0n) is 10.7. The van der Waals surface area contributed by atoms with Crippen molar-refractivity contribution < 1.29 is 5.11 Å². The van der Waals surface area contributed by atoms with Crippen molar-refractivity contribution in [2.75, 3.05) is 11.9 Å². The summed E-state index contributed by atoms with van der Waals surface area (Å²) in [6, 6.07) is 9.79. The second-order valence-electron chi connectivity index (χ2n) is 4.42. The van der Waals surface area contributed by atoms with E-state index in [-0.39, 0.29) is 0 Å². The molecule has 0 radical (unpaired) electrons. The maximum atomic E-state index is 10.1. The third-order valence-electron chi connectivity index (χ3n) is 3.18. The highest BCUT2D eigenvalue weighted by Gasteiger charge is 2.07. The molecule has 1 aromatic heterocycles. The molecule has 1 aromatic carbocycles. The number of nitrogens with one attached hydrogen (secondary N) is 1. The van der Waals surface area contributed by atoms with E-state index in [9.17, 15) is 5.11 Å². The molecule has 0 aliphatic carbocycles. The lowest BCUT2D eigenvalue weighted by atomic mass is 10.1. The van der Waals surface area contributed by atoms with Crippen LogP contribution in [-0.4, -0.2) is 16.6 Å². The molecule has 0 fully saturated rings. The summed E-state index contributed by atoms with van der Waals surface area (Å²) >= 11 is 0. The van der Waals surface area contributed by atoms with Gasteiger partial charge in [-0.3, -0.25) is 4.98 Å². The molecule has 0 saturated heterocycles. The molecule has 0 saturated carbocycles. The van der Waals surface area contributed by atoms with Crippen LogP contribution in [0, 0.1) is 13.8 Å². The Kier molecular flexibility index (Phi) is 3.95. The number of hydrogen-bond acceptors (Lipinski definition) is 3. The first-order valence-electron chi connectivity index (χ1n) is 6.06. The summed E-state index contributed by atoms with van der Waals surface area (Å²) in [7, 11) is 0. The van der Waals surface area contributed by atoms with Crippen LogP contribution < -0.4 is 5.32 Å². The van der Waals surface area contributed by atoms with Crippen LogP contribution in [0.1, 0.15) is 22.8 Å². The molecule has 0 bridgehead atoms. The lowest BCUT2D eigenvalue weighted by molar-refractivity contribution is 0.191. The zero-order chi connectivity index (χ0) is 13.0. The van der Waals surface area contributed by atoms with Crippen molar-refractivity contribution in [1.82, 2.24) is 4.98 Å². The molecule has 1 heterocycles. The van der Waals surface area contributed by atoms with Crippen LogP contribution in [0.25, 0.3) is 0 Å². The Balaban J connectivity index is 2.02. The Labute approximate surface area is 108 Å². The van der Waals surface area contributed by atoms with E-state index in [0.29, 0.717) is 6.54 Å². The quantitative estimate of drug-likeness (QED) is 0.866. The molecule has 18 heavy (non-hydrogen) atoms. The molecule has 0 amide bonds. The van der Waals surface area contributed by atoms with Gasteiger partial charge in [0.05, 0.1) is 6.10 Å². The summed E-state index contributed by atoms with van der Waals surface area (Å²) in [6.45, 7) is 4.66. The van der Waals surface area contributed by atoms with E-state index in [2.05, 4.69) is 30.2 Å². The summed E-state index contributed by atoms with van der Waals surface area (Å²) in [6.07, 6.45) is 2.86. The average molecular weight is 242 g/mol. The first kappa shape index (κ1) is 12.6. The van der Waals surface area contributed by atoms with Crippen molar-refractivity contribution in [3.63, 3.8) is 0 Å². The predicted molar refractivity (Wildman–Crippen MR) is 73.6 cm³/mol. The van der Waals surface area contributed by atoms with Gasteiger partial charge in [0.15, 0.2) is 0 Å². The number of nitrogens with zero attached hydrogens (tertiary/aromatic N) is 1. The second kappa shape index (κ2) is 5.65. The number of aromatic nitrogens is 1. The molecule has 2 aromatic rings. The minimum absolute atomic E-state index is 0.494. The molecule has 1 atom stereocenters. The van der Waals surface area contributed by atoms with Crippen LogP contribution in [0.4, 0.5) is 5.69 Å². The number of benzene rings is 1. The van der Waals surface area contributed by atoms with Gasteiger partial charge in [-0.05, 0) is 48.7 Å². The molecule has 0 spiro atoms. The Morgan fingerprint density at radius 1 is 1.17 bits per heavy atom. The number of aliphatic hydroxyl groups is 1. The molecule has 3 heteroatoms. The van der Waals surface area contributed by atoms with Gasteiger partial charge in [-0.15, -0.1) is 0 Å². The van der Waals surface area contributed by atoms with Crippen molar-refractivity contribution in [3.05, 3.63) is 59.4 Å². The van der Waals surface area contributed by atoms with E-state index >= 15 is 0 Å². The molecule has 1 unspecified atom stereocenters. The Hall–Kier alpha value is -1.87. The minimum Gasteiger partial charge on any atom is -0.387 e. The first-order valence-corrected chi connectivity index (χ1v) is 6.06. The molecule has 0 aliphatic heterocycles. The average Bonchev–Trinajstić information content (AvgIpc) is 2.41. The van der Waals surface area contributed by atoms with Crippen molar-refractivity contribution in [2.45, 2.75) is 20.0 Å². The van der Waals surface area contributed by atoms with Crippen LogP contribution in [0.3, 0.4) is 0 Å². The third-order valence-corrected chi connectivity index (χ3v) is 3.18. The molecular weight excluding hydrogens is 224 g/mol. The van der Waals surface area contributed by atoms with Gasteiger partial charge < -0.3 is 10.4 Å². The van der Waals surface area contributed by atoms with E-state index < -0.39 is 6.10 Å². The smallest absolute Gasteiger partial charge is 0.0963 e. The van der Waals surface area contributed by atoms with Crippen molar-refractivity contribution in [3.8, 4) is 0 Å². The number of hydrogen-bond donors (Lipinski definition) is 2. The SMILES string of the molecule is Cc1cccc(NCC(O)c2ccncc2)c1C. The van der Waals surface area contributed by atoms with Gasteiger partial charge >= 0.3 is 0 Å². The Morgan fingerprint density at radius 2 is 1.89 bits per heavy atom. The maximum absolute atomic E-state index is 10.1. The summed E-state index contributed by atoms with van der Waals surface area (Å²) in [5.41, 5.74) is 4.42. The molecular formula is C15H18N2O. The molecule has 2 rings (SSSR count). The maximum Gasteiger partial charge on any atom is 0.0963 e. The van der Waals surface area contributed by atoms with Gasteiger partial charge in [0.2, 0.25) is 0 Å². The lowest BCUT2D eigenvalue weighted by Crippen LogP contribution is -2.13. The molecule has 94 valence electrons. The van der Waals surface area contributed by atoms with Crippen molar-refractivity contribution in [2.24, 2.45) is 0 Å². The number of aliphatic hydroxyl groups excluding tert-OH is 1.